The number of aromatic amines is 1. The SMILES string of the molecule is CCCCc1c(C)nc2nc(SCc3nc4c(c(=O)[nH]c(=O)n4Cc4ccc(I)cc4)n3CC)nn2c1C. The van der Waals surface area contributed by atoms with Crippen molar-refractivity contribution in [2.24, 2.45) is 0 Å². The molecule has 0 aliphatic carbocycles. The van der Waals surface area contributed by atoms with Gasteiger partial charge in [-0.05, 0) is 79.5 Å². The summed E-state index contributed by atoms with van der Waals surface area (Å²) in [6.45, 7) is 9.08. The standard InChI is InChI=1S/C26H29IN8O2S/c1-5-7-8-19-15(3)28-24-31-25(32-35(24)16(19)4)38-14-20-29-22-21(33(20)6-2)23(36)30-26(37)34(22)13-17-9-11-18(27)12-10-17/h9-12H,5-8,13-14H2,1-4H3,(H,30,36,37). The second-order valence-electron chi connectivity index (χ2n) is 9.18. The summed E-state index contributed by atoms with van der Waals surface area (Å²) in [5.74, 6) is 1.70. The fraction of sp³-hybridized carbons (Fsp3) is 0.385. The molecule has 0 atom stereocenters. The summed E-state index contributed by atoms with van der Waals surface area (Å²) >= 11 is 3.68. The molecule has 1 N–H and O–H groups in total. The van der Waals surface area contributed by atoms with Crippen LogP contribution in [0.5, 0.6) is 0 Å². The number of rotatable bonds is 9. The van der Waals surface area contributed by atoms with Crippen molar-refractivity contribution in [3.63, 3.8) is 0 Å². The lowest BCUT2D eigenvalue weighted by Crippen LogP contribution is -2.31. The van der Waals surface area contributed by atoms with Crippen molar-refractivity contribution < 1.29 is 0 Å². The Morgan fingerprint density at radius 1 is 1.03 bits per heavy atom. The summed E-state index contributed by atoms with van der Waals surface area (Å²) in [6.07, 6.45) is 3.19. The molecule has 0 radical (unpaired) electrons. The molecule has 5 aromatic rings. The zero-order valence-electron chi connectivity index (χ0n) is 21.8. The van der Waals surface area contributed by atoms with Crippen molar-refractivity contribution in [2.75, 3.05) is 0 Å². The van der Waals surface area contributed by atoms with Gasteiger partial charge in [-0.1, -0.05) is 37.2 Å². The molecular weight excluding hydrogens is 615 g/mol. The van der Waals surface area contributed by atoms with E-state index in [1.54, 1.807) is 0 Å². The minimum Gasteiger partial charge on any atom is -0.322 e. The molecule has 0 saturated carbocycles. The molecule has 0 bridgehead atoms. The fourth-order valence-electron chi connectivity index (χ4n) is 4.68. The van der Waals surface area contributed by atoms with E-state index >= 15 is 0 Å². The van der Waals surface area contributed by atoms with Crippen molar-refractivity contribution in [2.45, 2.75) is 71.0 Å². The van der Waals surface area contributed by atoms with E-state index in [1.807, 2.05) is 47.2 Å². The average Bonchev–Trinajstić information content (AvgIpc) is 3.47. The first-order chi connectivity index (χ1) is 18.3. The number of unbranched alkanes of at least 4 members (excludes halogenated alkanes) is 1. The van der Waals surface area contributed by atoms with Crippen LogP contribution >= 0.6 is 34.4 Å². The maximum atomic E-state index is 12.8. The second-order valence-corrected chi connectivity index (χ2v) is 11.4. The lowest BCUT2D eigenvalue weighted by Gasteiger charge is -2.09. The van der Waals surface area contributed by atoms with Gasteiger partial charge in [0.25, 0.3) is 11.3 Å². The predicted octanol–water partition coefficient (Wildman–Crippen LogP) is 4.25. The summed E-state index contributed by atoms with van der Waals surface area (Å²) < 4.78 is 6.30. The highest BCUT2D eigenvalue weighted by Gasteiger charge is 2.20. The first-order valence-electron chi connectivity index (χ1n) is 12.6. The van der Waals surface area contributed by atoms with E-state index in [2.05, 4.69) is 51.4 Å². The third-order valence-corrected chi connectivity index (χ3v) is 8.23. The minimum absolute atomic E-state index is 0.314. The molecule has 38 heavy (non-hydrogen) atoms. The first kappa shape index (κ1) is 26.6. The molecule has 0 unspecified atom stereocenters. The molecule has 10 nitrogen and oxygen atoms in total. The van der Waals surface area contributed by atoms with Crippen LogP contribution < -0.4 is 11.2 Å². The van der Waals surface area contributed by atoms with Gasteiger partial charge in [0.05, 0.1) is 12.3 Å². The molecule has 0 amide bonds. The number of nitrogens with zero attached hydrogens (tertiary/aromatic N) is 7. The Morgan fingerprint density at radius 2 is 1.79 bits per heavy atom. The molecule has 5 rings (SSSR count). The average molecular weight is 645 g/mol. The van der Waals surface area contributed by atoms with E-state index in [4.69, 9.17) is 10.1 Å². The molecule has 12 heteroatoms. The third kappa shape index (κ3) is 5.03. The van der Waals surface area contributed by atoms with Crippen LogP contribution in [0.2, 0.25) is 0 Å². The van der Waals surface area contributed by atoms with Gasteiger partial charge in [0.1, 0.15) is 5.82 Å². The summed E-state index contributed by atoms with van der Waals surface area (Å²) in [5.41, 5.74) is 4.09. The highest BCUT2D eigenvalue weighted by Crippen LogP contribution is 2.24. The van der Waals surface area contributed by atoms with Gasteiger partial charge in [-0.15, -0.1) is 5.10 Å². The van der Waals surface area contributed by atoms with Gasteiger partial charge in [0.2, 0.25) is 5.16 Å². The molecule has 198 valence electrons. The number of H-pyrrole nitrogens is 1. The van der Waals surface area contributed by atoms with Gasteiger partial charge in [0, 0.05) is 21.5 Å². The van der Waals surface area contributed by atoms with E-state index in [1.165, 1.54) is 21.9 Å². The number of imidazole rings is 1. The van der Waals surface area contributed by atoms with Crippen molar-refractivity contribution in [3.8, 4) is 0 Å². The van der Waals surface area contributed by atoms with Gasteiger partial charge in [0.15, 0.2) is 11.2 Å². The molecule has 0 fully saturated rings. The van der Waals surface area contributed by atoms with Gasteiger partial charge in [-0.25, -0.2) is 19.3 Å². The van der Waals surface area contributed by atoms with Crippen LogP contribution in [-0.2, 0) is 25.3 Å². The Labute approximate surface area is 237 Å². The smallest absolute Gasteiger partial charge is 0.322 e. The van der Waals surface area contributed by atoms with Crippen LogP contribution in [0.1, 0.15) is 55.0 Å². The minimum atomic E-state index is -0.473. The van der Waals surface area contributed by atoms with Crippen LogP contribution in [0.4, 0.5) is 0 Å². The summed E-state index contributed by atoms with van der Waals surface area (Å²) in [7, 11) is 0. The van der Waals surface area contributed by atoms with Gasteiger partial charge < -0.3 is 4.57 Å². The Balaban J connectivity index is 1.49. The van der Waals surface area contributed by atoms with Crippen LogP contribution in [0, 0.1) is 17.4 Å². The highest BCUT2D eigenvalue weighted by molar-refractivity contribution is 14.1. The van der Waals surface area contributed by atoms with E-state index in [0.717, 1.165) is 39.8 Å². The lowest BCUT2D eigenvalue weighted by molar-refractivity contribution is 0.736. The van der Waals surface area contributed by atoms with Crippen LogP contribution in [0.25, 0.3) is 16.9 Å². The monoisotopic (exact) mass is 644 g/mol. The highest BCUT2D eigenvalue weighted by atomic mass is 127. The number of fused-ring (bicyclic) bond motifs is 2. The molecule has 0 aliphatic rings. The fourth-order valence-corrected chi connectivity index (χ4v) is 5.81. The number of hydrogen-bond acceptors (Lipinski definition) is 7. The number of hydrogen-bond donors (Lipinski definition) is 1. The number of benzene rings is 1. The Kier molecular flexibility index (Phi) is 7.70. The van der Waals surface area contributed by atoms with Crippen LogP contribution in [-0.4, -0.2) is 38.7 Å². The van der Waals surface area contributed by atoms with Crippen molar-refractivity contribution >= 4 is 51.3 Å². The zero-order valence-corrected chi connectivity index (χ0v) is 24.8. The Morgan fingerprint density at radius 3 is 2.50 bits per heavy atom. The van der Waals surface area contributed by atoms with E-state index in [0.29, 0.717) is 46.8 Å². The predicted molar refractivity (Wildman–Crippen MR) is 157 cm³/mol. The number of nitrogens with one attached hydrogen (secondary N) is 1. The van der Waals surface area contributed by atoms with Crippen molar-refractivity contribution in [3.05, 3.63) is 77.0 Å². The molecule has 4 heterocycles. The molecule has 0 saturated heterocycles. The quantitative estimate of drug-likeness (QED) is 0.189. The largest absolute Gasteiger partial charge is 0.330 e. The molecule has 1 aromatic carbocycles. The van der Waals surface area contributed by atoms with Gasteiger partial charge >= 0.3 is 5.69 Å². The summed E-state index contributed by atoms with van der Waals surface area (Å²) in [6, 6.07) is 7.92. The van der Waals surface area contributed by atoms with E-state index in [-0.39, 0.29) is 0 Å². The third-order valence-electron chi connectivity index (χ3n) is 6.67. The first-order valence-corrected chi connectivity index (χ1v) is 14.7. The Hall–Kier alpha value is -3.00. The molecule has 0 aliphatic heterocycles. The Bertz CT molecular complexity index is 1750. The van der Waals surface area contributed by atoms with Crippen molar-refractivity contribution in [1.82, 2.24) is 38.7 Å². The molecule has 0 spiro atoms. The van der Waals surface area contributed by atoms with E-state index < -0.39 is 11.2 Å². The molecule has 4 aromatic heterocycles. The topological polar surface area (TPSA) is 116 Å². The molecular formula is C26H29IN8O2S. The summed E-state index contributed by atoms with van der Waals surface area (Å²) in [4.78, 5) is 42.2. The number of thioether (sulfide) groups is 1. The van der Waals surface area contributed by atoms with Crippen LogP contribution in [0.3, 0.4) is 0 Å². The normalized spacial score (nSPS) is 11.7. The van der Waals surface area contributed by atoms with E-state index in [9.17, 15) is 9.59 Å². The second kappa shape index (κ2) is 11.0. The van der Waals surface area contributed by atoms with Gasteiger partial charge in [-0.2, -0.15) is 4.98 Å². The number of aromatic nitrogens is 8. The van der Waals surface area contributed by atoms with Gasteiger partial charge in [-0.3, -0.25) is 14.3 Å². The number of aryl methyl sites for hydroxylation is 3. The number of halogens is 1. The maximum Gasteiger partial charge on any atom is 0.330 e. The summed E-state index contributed by atoms with van der Waals surface area (Å²) in [5, 5.41) is 5.29. The van der Waals surface area contributed by atoms with Crippen molar-refractivity contribution in [1.29, 1.82) is 0 Å². The lowest BCUT2D eigenvalue weighted by atomic mass is 10.1. The van der Waals surface area contributed by atoms with Crippen LogP contribution in [0.15, 0.2) is 39.0 Å². The maximum absolute atomic E-state index is 12.8. The zero-order chi connectivity index (χ0) is 27.0.